The Labute approximate surface area is 123 Å². The van der Waals surface area contributed by atoms with Gasteiger partial charge in [-0.15, -0.1) is 0 Å². The lowest BCUT2D eigenvalue weighted by Gasteiger charge is -2.15. The smallest absolute Gasteiger partial charge is 0.308 e. The van der Waals surface area contributed by atoms with Crippen molar-refractivity contribution in [3.05, 3.63) is 35.6 Å². The summed E-state index contributed by atoms with van der Waals surface area (Å²) in [6.07, 6.45) is 1.15. The van der Waals surface area contributed by atoms with Crippen LogP contribution in [-0.4, -0.2) is 56.0 Å². The van der Waals surface area contributed by atoms with Gasteiger partial charge >= 0.3 is 5.97 Å². The van der Waals surface area contributed by atoms with E-state index in [2.05, 4.69) is 0 Å². The van der Waals surface area contributed by atoms with Crippen molar-refractivity contribution >= 4 is 15.8 Å². The zero-order valence-electron chi connectivity index (χ0n) is 11.7. The maximum atomic E-state index is 13.3. The molecule has 1 aliphatic heterocycles. The number of benzene rings is 1. The summed E-state index contributed by atoms with van der Waals surface area (Å²) in [5.41, 5.74) is 0.643. The van der Waals surface area contributed by atoms with Crippen molar-refractivity contribution in [2.75, 3.05) is 31.6 Å². The van der Waals surface area contributed by atoms with Gasteiger partial charge in [-0.1, -0.05) is 12.1 Å². The van der Waals surface area contributed by atoms with Crippen LogP contribution in [0.25, 0.3) is 0 Å². The summed E-state index contributed by atoms with van der Waals surface area (Å²) in [4.78, 5) is 13.2. The SMILES string of the molecule is CS(=O)(=O)CCN1C[C@@H](C(=O)O)[C@H](c2cccc(F)c2)C1. The molecule has 21 heavy (non-hydrogen) atoms. The van der Waals surface area contributed by atoms with Gasteiger partial charge in [-0.05, 0) is 17.7 Å². The molecule has 0 bridgehead atoms. The summed E-state index contributed by atoms with van der Waals surface area (Å²) in [6, 6.07) is 5.93. The molecule has 1 fully saturated rings. The highest BCUT2D eigenvalue weighted by Gasteiger charge is 2.38. The van der Waals surface area contributed by atoms with Crippen LogP contribution in [0, 0.1) is 11.7 Å². The number of likely N-dealkylation sites (tertiary alicyclic amines) is 1. The summed E-state index contributed by atoms with van der Waals surface area (Å²) in [5.74, 6) is -2.31. The summed E-state index contributed by atoms with van der Waals surface area (Å²) in [5, 5.41) is 9.32. The van der Waals surface area contributed by atoms with Crippen LogP contribution in [0.2, 0.25) is 0 Å². The van der Waals surface area contributed by atoms with Crippen LogP contribution in [0.1, 0.15) is 11.5 Å². The van der Waals surface area contributed by atoms with Gasteiger partial charge in [-0.2, -0.15) is 0 Å². The molecule has 1 N–H and O–H groups in total. The minimum absolute atomic E-state index is 0.00475. The van der Waals surface area contributed by atoms with E-state index in [0.29, 0.717) is 18.7 Å². The van der Waals surface area contributed by atoms with E-state index < -0.39 is 27.5 Å². The molecule has 2 atom stereocenters. The van der Waals surface area contributed by atoms with E-state index in [4.69, 9.17) is 0 Å². The number of rotatable bonds is 5. The highest BCUT2D eigenvalue weighted by molar-refractivity contribution is 7.90. The van der Waals surface area contributed by atoms with E-state index in [9.17, 15) is 22.7 Å². The zero-order chi connectivity index (χ0) is 15.6. The Kier molecular flexibility index (Phi) is 4.63. The number of carboxylic acids is 1. The zero-order valence-corrected chi connectivity index (χ0v) is 12.5. The lowest BCUT2D eigenvalue weighted by Crippen LogP contribution is -2.28. The molecule has 1 saturated heterocycles. The van der Waals surface area contributed by atoms with E-state index in [1.54, 1.807) is 12.1 Å². The average Bonchev–Trinajstić information content (AvgIpc) is 2.80. The molecule has 1 aliphatic rings. The summed E-state index contributed by atoms with van der Waals surface area (Å²) in [7, 11) is -3.09. The Hall–Kier alpha value is -1.47. The van der Waals surface area contributed by atoms with Gasteiger partial charge in [0.25, 0.3) is 0 Å². The van der Waals surface area contributed by atoms with Crippen molar-refractivity contribution in [2.24, 2.45) is 5.92 Å². The molecule has 0 aliphatic carbocycles. The predicted molar refractivity (Wildman–Crippen MR) is 76.4 cm³/mol. The van der Waals surface area contributed by atoms with Gasteiger partial charge in [-0.25, -0.2) is 12.8 Å². The van der Waals surface area contributed by atoms with Crippen LogP contribution < -0.4 is 0 Å². The molecule has 1 aromatic carbocycles. The minimum atomic E-state index is -3.09. The Morgan fingerprint density at radius 2 is 2.14 bits per heavy atom. The Morgan fingerprint density at radius 1 is 1.43 bits per heavy atom. The average molecular weight is 315 g/mol. The number of carboxylic acid groups (broad SMARTS) is 1. The molecular formula is C14H18FNO4S. The van der Waals surface area contributed by atoms with Crippen LogP contribution in [-0.2, 0) is 14.6 Å². The van der Waals surface area contributed by atoms with E-state index in [0.717, 1.165) is 6.26 Å². The Morgan fingerprint density at radius 3 is 2.71 bits per heavy atom. The minimum Gasteiger partial charge on any atom is -0.481 e. The summed E-state index contributed by atoms with van der Waals surface area (Å²) < 4.78 is 35.7. The first kappa shape index (κ1) is 15.9. The first-order chi connectivity index (χ1) is 9.76. The molecular weight excluding hydrogens is 297 g/mol. The van der Waals surface area contributed by atoms with Gasteiger partial charge in [0, 0.05) is 31.8 Å². The molecule has 5 nitrogen and oxygen atoms in total. The maximum Gasteiger partial charge on any atom is 0.308 e. The second-order valence-electron chi connectivity index (χ2n) is 5.50. The molecule has 0 unspecified atom stereocenters. The molecule has 7 heteroatoms. The first-order valence-electron chi connectivity index (χ1n) is 6.64. The molecule has 0 aromatic heterocycles. The third-order valence-electron chi connectivity index (χ3n) is 3.77. The van der Waals surface area contributed by atoms with E-state index >= 15 is 0 Å². The van der Waals surface area contributed by atoms with Crippen molar-refractivity contribution < 1.29 is 22.7 Å². The topological polar surface area (TPSA) is 74.7 Å². The second kappa shape index (κ2) is 6.11. The van der Waals surface area contributed by atoms with Crippen LogP contribution in [0.5, 0.6) is 0 Å². The van der Waals surface area contributed by atoms with Gasteiger partial charge in [0.1, 0.15) is 15.7 Å². The number of aliphatic carboxylic acids is 1. The summed E-state index contributed by atoms with van der Waals surface area (Å²) in [6.45, 7) is 1.01. The number of carbonyl (C=O) groups is 1. The summed E-state index contributed by atoms with van der Waals surface area (Å²) >= 11 is 0. The van der Waals surface area contributed by atoms with Crippen molar-refractivity contribution in [3.8, 4) is 0 Å². The van der Waals surface area contributed by atoms with Crippen LogP contribution in [0.4, 0.5) is 4.39 Å². The molecule has 1 heterocycles. The predicted octanol–water partition coefficient (Wildman–Crippen LogP) is 0.970. The number of hydrogen-bond acceptors (Lipinski definition) is 4. The van der Waals surface area contributed by atoms with Crippen molar-refractivity contribution in [2.45, 2.75) is 5.92 Å². The number of nitrogens with zero attached hydrogens (tertiary/aromatic N) is 1. The third-order valence-corrected chi connectivity index (χ3v) is 4.69. The normalized spacial score (nSPS) is 23.3. The van der Waals surface area contributed by atoms with Gasteiger partial charge in [0.05, 0.1) is 11.7 Å². The molecule has 0 amide bonds. The third kappa shape index (κ3) is 4.25. The lowest BCUT2D eigenvalue weighted by atomic mass is 9.89. The monoisotopic (exact) mass is 315 g/mol. The maximum absolute atomic E-state index is 13.3. The quantitative estimate of drug-likeness (QED) is 0.876. The van der Waals surface area contributed by atoms with Crippen LogP contribution in [0.15, 0.2) is 24.3 Å². The lowest BCUT2D eigenvalue weighted by molar-refractivity contribution is -0.141. The Bertz CT molecular complexity index is 632. The van der Waals surface area contributed by atoms with Crippen LogP contribution >= 0.6 is 0 Å². The van der Waals surface area contributed by atoms with E-state index in [1.165, 1.54) is 12.1 Å². The van der Waals surface area contributed by atoms with Crippen LogP contribution in [0.3, 0.4) is 0 Å². The van der Waals surface area contributed by atoms with Gasteiger partial charge < -0.3 is 10.0 Å². The highest BCUT2D eigenvalue weighted by atomic mass is 32.2. The van der Waals surface area contributed by atoms with Crippen molar-refractivity contribution in [3.63, 3.8) is 0 Å². The molecule has 0 spiro atoms. The highest BCUT2D eigenvalue weighted by Crippen LogP contribution is 2.33. The molecule has 116 valence electrons. The standard InChI is InChI=1S/C14H18FNO4S/c1-21(19,20)6-5-16-8-12(13(9-16)14(17)18)10-3-2-4-11(15)7-10/h2-4,7,12-13H,5-6,8-9H2,1H3,(H,17,18)/t12-,13+/m0/s1. The number of halogens is 1. The largest absolute Gasteiger partial charge is 0.481 e. The molecule has 0 saturated carbocycles. The fourth-order valence-electron chi connectivity index (χ4n) is 2.69. The molecule has 0 radical (unpaired) electrons. The second-order valence-corrected chi connectivity index (χ2v) is 7.76. The van der Waals surface area contributed by atoms with Gasteiger partial charge in [0.2, 0.25) is 0 Å². The van der Waals surface area contributed by atoms with E-state index in [-0.39, 0.29) is 18.2 Å². The van der Waals surface area contributed by atoms with Gasteiger partial charge in [-0.3, -0.25) is 4.79 Å². The fraction of sp³-hybridized carbons (Fsp3) is 0.500. The van der Waals surface area contributed by atoms with Crippen molar-refractivity contribution in [1.82, 2.24) is 4.90 Å². The molecule has 1 aromatic rings. The fourth-order valence-corrected chi connectivity index (χ4v) is 3.28. The Balaban J connectivity index is 2.14. The molecule has 2 rings (SSSR count). The van der Waals surface area contributed by atoms with Gasteiger partial charge in [0.15, 0.2) is 0 Å². The first-order valence-corrected chi connectivity index (χ1v) is 8.70. The number of sulfone groups is 1. The van der Waals surface area contributed by atoms with E-state index in [1.807, 2.05) is 4.90 Å². The van der Waals surface area contributed by atoms with Crippen molar-refractivity contribution in [1.29, 1.82) is 0 Å². The number of hydrogen-bond donors (Lipinski definition) is 1.